The van der Waals surface area contributed by atoms with Gasteiger partial charge in [-0.25, -0.2) is 4.39 Å². The molecule has 1 fully saturated rings. The maximum Gasteiger partial charge on any atom is 0.254 e. The maximum absolute atomic E-state index is 14.2. The minimum atomic E-state index is -0.587. The summed E-state index contributed by atoms with van der Waals surface area (Å²) in [7, 11) is 0. The molecule has 0 aromatic heterocycles. The summed E-state index contributed by atoms with van der Waals surface area (Å²) >= 11 is 0. The lowest BCUT2D eigenvalue weighted by Crippen LogP contribution is -2.52. The van der Waals surface area contributed by atoms with Crippen molar-refractivity contribution >= 4 is 17.5 Å². The third-order valence-corrected chi connectivity index (χ3v) is 3.85. The van der Waals surface area contributed by atoms with Crippen molar-refractivity contribution in [3.63, 3.8) is 0 Å². The van der Waals surface area contributed by atoms with Crippen LogP contribution in [0.15, 0.2) is 18.2 Å². The average Bonchev–Trinajstić information content (AvgIpc) is 2.48. The van der Waals surface area contributed by atoms with Crippen molar-refractivity contribution in [3.8, 4) is 0 Å². The molecule has 6 heteroatoms. The zero-order valence-corrected chi connectivity index (χ0v) is 13.9. The fraction of sp³-hybridized carbons (Fsp3) is 0.529. The molecule has 0 aliphatic carbocycles. The van der Waals surface area contributed by atoms with Gasteiger partial charge < -0.3 is 15.5 Å². The van der Waals surface area contributed by atoms with E-state index in [1.165, 1.54) is 12.1 Å². The highest BCUT2D eigenvalue weighted by atomic mass is 19.1. The molecule has 1 saturated heterocycles. The van der Waals surface area contributed by atoms with Gasteiger partial charge in [-0.2, -0.15) is 0 Å². The number of carbonyl (C=O) groups is 2. The van der Waals surface area contributed by atoms with Gasteiger partial charge in [0.25, 0.3) is 5.91 Å². The molecule has 2 rings (SSSR count). The Morgan fingerprint density at radius 3 is 2.78 bits per heavy atom. The first kappa shape index (κ1) is 17.4. The fourth-order valence-corrected chi connectivity index (χ4v) is 2.63. The Morgan fingerprint density at radius 2 is 2.17 bits per heavy atom. The predicted molar refractivity (Wildman–Crippen MR) is 87.9 cm³/mol. The average molecular weight is 321 g/mol. The number of anilines is 1. The number of hydrogen-bond acceptors (Lipinski definition) is 3. The Kier molecular flexibility index (Phi) is 5.71. The molecule has 0 radical (unpaired) electrons. The monoisotopic (exact) mass is 321 g/mol. The summed E-state index contributed by atoms with van der Waals surface area (Å²) in [5.74, 6) is -0.796. The van der Waals surface area contributed by atoms with Gasteiger partial charge in [0.2, 0.25) is 5.91 Å². The van der Waals surface area contributed by atoms with Crippen molar-refractivity contribution < 1.29 is 14.0 Å². The van der Waals surface area contributed by atoms with Gasteiger partial charge >= 0.3 is 0 Å². The molecule has 23 heavy (non-hydrogen) atoms. The van der Waals surface area contributed by atoms with E-state index in [0.29, 0.717) is 18.5 Å². The molecule has 5 nitrogen and oxygen atoms in total. The van der Waals surface area contributed by atoms with E-state index in [4.69, 9.17) is 0 Å². The molecule has 0 spiro atoms. The van der Waals surface area contributed by atoms with E-state index in [-0.39, 0.29) is 29.5 Å². The summed E-state index contributed by atoms with van der Waals surface area (Å²) < 4.78 is 14.2. The third kappa shape index (κ3) is 4.51. The van der Waals surface area contributed by atoms with Crippen LogP contribution in [0.2, 0.25) is 0 Å². The van der Waals surface area contributed by atoms with E-state index in [0.717, 1.165) is 13.1 Å². The van der Waals surface area contributed by atoms with Crippen LogP contribution in [0.4, 0.5) is 10.1 Å². The highest BCUT2D eigenvalue weighted by Gasteiger charge is 2.24. The topological polar surface area (TPSA) is 61.4 Å². The van der Waals surface area contributed by atoms with Crippen molar-refractivity contribution in [1.29, 1.82) is 0 Å². The fourth-order valence-electron chi connectivity index (χ4n) is 2.63. The largest absolute Gasteiger partial charge is 0.333 e. The van der Waals surface area contributed by atoms with Gasteiger partial charge in [-0.3, -0.25) is 9.59 Å². The number of rotatable bonds is 4. The number of amides is 2. The number of carbonyl (C=O) groups excluding carboxylic acids is 2. The van der Waals surface area contributed by atoms with Crippen LogP contribution in [0.5, 0.6) is 0 Å². The van der Waals surface area contributed by atoms with Gasteiger partial charge in [-0.1, -0.05) is 13.8 Å². The van der Waals surface area contributed by atoms with Crippen LogP contribution in [-0.4, -0.2) is 42.4 Å². The van der Waals surface area contributed by atoms with Crippen molar-refractivity contribution in [2.24, 2.45) is 5.92 Å². The van der Waals surface area contributed by atoms with E-state index in [9.17, 15) is 14.0 Å². The van der Waals surface area contributed by atoms with E-state index in [1.54, 1.807) is 11.0 Å². The first-order chi connectivity index (χ1) is 10.9. The smallest absolute Gasteiger partial charge is 0.254 e. The van der Waals surface area contributed by atoms with Gasteiger partial charge in [0.1, 0.15) is 5.82 Å². The van der Waals surface area contributed by atoms with Crippen LogP contribution in [-0.2, 0) is 4.79 Å². The Labute approximate surface area is 136 Å². The number of benzene rings is 1. The maximum atomic E-state index is 14.2. The van der Waals surface area contributed by atoms with Crippen LogP contribution in [0.25, 0.3) is 0 Å². The number of hydrogen-bond donors (Lipinski definition) is 2. The number of nitrogens with one attached hydrogen (secondary N) is 2. The molecule has 2 N–H and O–H groups in total. The molecule has 1 aliphatic heterocycles. The van der Waals surface area contributed by atoms with Crippen LogP contribution in [0.1, 0.15) is 37.6 Å². The molecule has 0 saturated carbocycles. The standard InChI is InChI=1S/C17H24FN3O2/c1-11(2)8-16(22)20-15-5-4-13(9-14(15)18)17(23)21-7-6-19-10-12(21)3/h4-5,9,11-12,19H,6-8,10H2,1-3H3,(H,20,22)/t12-/m0/s1. The first-order valence-electron chi connectivity index (χ1n) is 7.99. The van der Waals surface area contributed by atoms with E-state index in [1.807, 2.05) is 20.8 Å². The lowest BCUT2D eigenvalue weighted by molar-refractivity contribution is -0.116. The van der Waals surface area contributed by atoms with Crippen molar-refractivity contribution in [3.05, 3.63) is 29.6 Å². The van der Waals surface area contributed by atoms with Crippen molar-refractivity contribution in [1.82, 2.24) is 10.2 Å². The summed E-state index contributed by atoms with van der Waals surface area (Å²) in [5, 5.41) is 5.76. The minimum absolute atomic E-state index is 0.0738. The van der Waals surface area contributed by atoms with Gasteiger partial charge in [0.15, 0.2) is 0 Å². The normalized spacial score (nSPS) is 18.1. The summed E-state index contributed by atoms with van der Waals surface area (Å²) in [5.41, 5.74) is 0.415. The lowest BCUT2D eigenvalue weighted by Gasteiger charge is -2.34. The Balaban J connectivity index is 2.09. The second kappa shape index (κ2) is 7.55. The molecule has 0 bridgehead atoms. The van der Waals surface area contributed by atoms with Gasteiger partial charge in [-0.15, -0.1) is 0 Å². The molecule has 2 amide bonds. The number of piperazine rings is 1. The summed E-state index contributed by atoms with van der Waals surface area (Å²) in [6.07, 6.45) is 0.332. The predicted octanol–water partition coefficient (Wildman–Crippen LogP) is 2.24. The SMILES string of the molecule is CC(C)CC(=O)Nc1ccc(C(=O)N2CCNC[C@@H]2C)cc1F. The Hall–Kier alpha value is -1.95. The lowest BCUT2D eigenvalue weighted by atomic mass is 10.1. The quantitative estimate of drug-likeness (QED) is 0.894. The molecular weight excluding hydrogens is 297 g/mol. The molecule has 1 aromatic rings. The highest BCUT2D eigenvalue weighted by Crippen LogP contribution is 2.19. The van der Waals surface area contributed by atoms with Crippen LogP contribution >= 0.6 is 0 Å². The minimum Gasteiger partial charge on any atom is -0.333 e. The highest BCUT2D eigenvalue weighted by molar-refractivity contribution is 5.96. The number of nitrogens with zero attached hydrogens (tertiary/aromatic N) is 1. The van der Waals surface area contributed by atoms with Crippen molar-refractivity contribution in [2.45, 2.75) is 33.2 Å². The molecule has 1 aliphatic rings. The molecule has 0 unspecified atom stereocenters. The van der Waals surface area contributed by atoms with Gasteiger partial charge in [0, 0.05) is 37.7 Å². The van der Waals surface area contributed by atoms with Crippen LogP contribution < -0.4 is 10.6 Å². The van der Waals surface area contributed by atoms with Crippen LogP contribution in [0.3, 0.4) is 0 Å². The molecular formula is C17H24FN3O2. The van der Waals surface area contributed by atoms with Crippen LogP contribution in [0, 0.1) is 11.7 Å². The third-order valence-electron chi connectivity index (χ3n) is 3.85. The van der Waals surface area contributed by atoms with E-state index < -0.39 is 5.82 Å². The van der Waals surface area contributed by atoms with E-state index in [2.05, 4.69) is 10.6 Å². The zero-order chi connectivity index (χ0) is 17.0. The van der Waals surface area contributed by atoms with Gasteiger partial charge in [-0.05, 0) is 31.0 Å². The zero-order valence-electron chi connectivity index (χ0n) is 13.9. The first-order valence-corrected chi connectivity index (χ1v) is 7.99. The Morgan fingerprint density at radius 1 is 1.43 bits per heavy atom. The molecule has 1 aromatic carbocycles. The molecule has 1 heterocycles. The summed E-state index contributed by atoms with van der Waals surface area (Å²) in [6, 6.07) is 4.28. The summed E-state index contributed by atoms with van der Waals surface area (Å²) in [6.45, 7) is 7.88. The summed E-state index contributed by atoms with van der Waals surface area (Å²) in [4.78, 5) is 25.9. The Bertz CT molecular complexity index is 589. The number of halogens is 1. The molecule has 126 valence electrons. The van der Waals surface area contributed by atoms with Crippen molar-refractivity contribution in [2.75, 3.05) is 25.0 Å². The second-order valence-corrected chi connectivity index (χ2v) is 6.39. The van der Waals surface area contributed by atoms with Gasteiger partial charge in [0.05, 0.1) is 5.69 Å². The van der Waals surface area contributed by atoms with E-state index >= 15 is 0 Å². The second-order valence-electron chi connectivity index (χ2n) is 6.39. The molecule has 1 atom stereocenters.